The number of carbonyl (C=O) groups excluding carboxylic acids is 1. The van der Waals surface area contributed by atoms with Crippen molar-refractivity contribution in [3.8, 4) is 0 Å². The summed E-state index contributed by atoms with van der Waals surface area (Å²) in [5.74, 6) is -0.254. The fraction of sp³-hybridized carbons (Fsp3) is 0.235. The second-order valence-corrected chi connectivity index (χ2v) is 7.04. The molecule has 0 fully saturated rings. The number of nitrogens with one attached hydrogen (secondary N) is 2. The van der Waals surface area contributed by atoms with Crippen molar-refractivity contribution in [2.24, 2.45) is 0 Å². The summed E-state index contributed by atoms with van der Waals surface area (Å²) in [5, 5.41) is 11.5. The third kappa shape index (κ3) is 4.64. The van der Waals surface area contributed by atoms with Crippen LogP contribution < -0.4 is 10.0 Å². The molecule has 7 heteroatoms. The van der Waals surface area contributed by atoms with E-state index >= 15 is 0 Å². The lowest BCUT2D eigenvalue weighted by molar-refractivity contribution is 0.102. The Kier molecular flexibility index (Phi) is 6.08. The minimum Gasteiger partial charge on any atom is -0.396 e. The number of anilines is 1. The topological polar surface area (TPSA) is 95.5 Å². The van der Waals surface area contributed by atoms with Gasteiger partial charge in [0.15, 0.2) is 0 Å². The van der Waals surface area contributed by atoms with Crippen molar-refractivity contribution in [3.05, 3.63) is 59.7 Å². The van der Waals surface area contributed by atoms with Crippen LogP contribution in [0.5, 0.6) is 0 Å². The molecule has 0 unspecified atom stereocenters. The highest BCUT2D eigenvalue weighted by atomic mass is 32.2. The van der Waals surface area contributed by atoms with Crippen LogP contribution >= 0.6 is 0 Å². The number of hydrogen-bond donors (Lipinski definition) is 3. The Morgan fingerprint density at radius 3 is 2.46 bits per heavy atom. The fourth-order valence-corrected chi connectivity index (χ4v) is 3.26. The van der Waals surface area contributed by atoms with E-state index in [9.17, 15) is 13.2 Å². The van der Waals surface area contributed by atoms with E-state index in [4.69, 9.17) is 5.11 Å². The number of aliphatic hydroxyl groups excluding tert-OH is 1. The average Bonchev–Trinajstić information content (AvgIpc) is 2.57. The Morgan fingerprint density at radius 1 is 1.12 bits per heavy atom. The molecule has 0 heterocycles. The summed E-state index contributed by atoms with van der Waals surface area (Å²) < 4.78 is 26.7. The van der Waals surface area contributed by atoms with Crippen LogP contribution in [-0.4, -0.2) is 32.6 Å². The normalized spacial score (nSPS) is 11.2. The number of amides is 1. The van der Waals surface area contributed by atoms with E-state index in [-0.39, 0.29) is 24.0 Å². The van der Waals surface area contributed by atoms with Crippen molar-refractivity contribution in [1.82, 2.24) is 4.72 Å². The predicted octanol–water partition coefficient (Wildman–Crippen LogP) is 1.91. The van der Waals surface area contributed by atoms with Crippen molar-refractivity contribution in [2.45, 2.75) is 18.2 Å². The van der Waals surface area contributed by atoms with Crippen LogP contribution in [0.3, 0.4) is 0 Å². The zero-order chi connectivity index (χ0) is 17.6. The SMILES string of the molecule is Cc1cc(S(=O)(=O)NCCCO)ccc1NC(=O)c1ccccc1. The molecule has 0 aliphatic heterocycles. The van der Waals surface area contributed by atoms with Crippen molar-refractivity contribution in [3.63, 3.8) is 0 Å². The molecule has 0 radical (unpaired) electrons. The van der Waals surface area contributed by atoms with Gasteiger partial charge in [-0.1, -0.05) is 18.2 Å². The first kappa shape index (κ1) is 18.1. The van der Waals surface area contributed by atoms with Crippen LogP contribution in [0.25, 0.3) is 0 Å². The van der Waals surface area contributed by atoms with E-state index in [1.54, 1.807) is 37.3 Å². The molecule has 0 aromatic heterocycles. The highest BCUT2D eigenvalue weighted by molar-refractivity contribution is 7.89. The summed E-state index contributed by atoms with van der Waals surface area (Å²) >= 11 is 0. The van der Waals surface area contributed by atoms with Crippen molar-refractivity contribution >= 4 is 21.6 Å². The standard InChI is InChI=1S/C17H20N2O4S/c1-13-12-15(24(22,23)18-10-5-11-20)8-9-16(13)19-17(21)14-6-3-2-4-7-14/h2-4,6-9,12,18,20H,5,10-11H2,1H3,(H,19,21). The zero-order valence-corrected chi connectivity index (χ0v) is 14.1. The van der Waals surface area contributed by atoms with Gasteiger partial charge in [-0.2, -0.15) is 0 Å². The molecular weight excluding hydrogens is 328 g/mol. The third-order valence-electron chi connectivity index (χ3n) is 3.42. The molecule has 2 aromatic rings. The van der Waals surface area contributed by atoms with Crippen LogP contribution in [-0.2, 0) is 10.0 Å². The lowest BCUT2D eigenvalue weighted by Gasteiger charge is -2.11. The van der Waals surface area contributed by atoms with Gasteiger partial charge in [-0.3, -0.25) is 4.79 Å². The molecule has 2 aromatic carbocycles. The van der Waals surface area contributed by atoms with Crippen LogP contribution in [0.1, 0.15) is 22.3 Å². The molecule has 0 atom stereocenters. The molecule has 3 N–H and O–H groups in total. The first-order chi connectivity index (χ1) is 11.4. The molecule has 0 aliphatic carbocycles. The minimum atomic E-state index is -3.63. The van der Waals surface area contributed by atoms with Crippen LogP contribution in [0.2, 0.25) is 0 Å². The largest absolute Gasteiger partial charge is 0.396 e. The summed E-state index contributed by atoms with van der Waals surface area (Å²) in [6.07, 6.45) is 0.351. The third-order valence-corrected chi connectivity index (χ3v) is 4.88. The molecular formula is C17H20N2O4S. The van der Waals surface area contributed by atoms with Gasteiger partial charge in [-0.15, -0.1) is 0 Å². The first-order valence-corrected chi connectivity index (χ1v) is 9.00. The number of aryl methyl sites for hydroxylation is 1. The second-order valence-electron chi connectivity index (χ2n) is 5.27. The molecule has 128 valence electrons. The van der Waals surface area contributed by atoms with Crippen LogP contribution in [0.4, 0.5) is 5.69 Å². The summed E-state index contributed by atoms with van der Waals surface area (Å²) in [6.45, 7) is 1.82. The predicted molar refractivity (Wildman–Crippen MR) is 92.5 cm³/mol. The molecule has 0 aliphatic rings. The van der Waals surface area contributed by atoms with Gasteiger partial charge >= 0.3 is 0 Å². The Hall–Kier alpha value is -2.22. The zero-order valence-electron chi connectivity index (χ0n) is 13.3. The van der Waals surface area contributed by atoms with Gasteiger partial charge < -0.3 is 10.4 Å². The Balaban J connectivity index is 2.14. The van der Waals surface area contributed by atoms with E-state index in [1.807, 2.05) is 6.07 Å². The molecule has 0 bridgehead atoms. The quantitative estimate of drug-likeness (QED) is 0.666. The maximum atomic E-state index is 12.2. The lowest BCUT2D eigenvalue weighted by atomic mass is 10.1. The number of rotatable bonds is 7. The van der Waals surface area contributed by atoms with Crippen LogP contribution in [0.15, 0.2) is 53.4 Å². The monoisotopic (exact) mass is 348 g/mol. The van der Waals surface area contributed by atoms with Gasteiger partial charge in [0.1, 0.15) is 0 Å². The number of aliphatic hydroxyl groups is 1. The van der Waals surface area contributed by atoms with Crippen molar-refractivity contribution in [2.75, 3.05) is 18.5 Å². The van der Waals surface area contributed by atoms with E-state index < -0.39 is 10.0 Å². The number of benzene rings is 2. The average molecular weight is 348 g/mol. The molecule has 0 spiro atoms. The molecule has 24 heavy (non-hydrogen) atoms. The van der Waals surface area contributed by atoms with E-state index in [2.05, 4.69) is 10.0 Å². The second kappa shape index (κ2) is 8.05. The molecule has 1 amide bonds. The van der Waals surface area contributed by atoms with Gasteiger partial charge in [-0.05, 0) is 49.2 Å². The summed E-state index contributed by atoms with van der Waals surface area (Å²) in [4.78, 5) is 12.3. The highest BCUT2D eigenvalue weighted by Gasteiger charge is 2.15. The van der Waals surface area contributed by atoms with E-state index in [0.29, 0.717) is 23.2 Å². The molecule has 0 saturated carbocycles. The first-order valence-electron chi connectivity index (χ1n) is 7.51. The Labute approximate surface area is 141 Å². The summed E-state index contributed by atoms with van der Waals surface area (Å²) in [7, 11) is -3.63. The number of carbonyl (C=O) groups is 1. The summed E-state index contributed by atoms with van der Waals surface area (Å²) in [5.41, 5.74) is 1.72. The maximum Gasteiger partial charge on any atom is 0.255 e. The van der Waals surface area contributed by atoms with Gasteiger partial charge in [0.2, 0.25) is 10.0 Å². The lowest BCUT2D eigenvalue weighted by Crippen LogP contribution is -2.25. The van der Waals surface area contributed by atoms with Gasteiger partial charge in [-0.25, -0.2) is 13.1 Å². The number of hydrogen-bond acceptors (Lipinski definition) is 4. The Bertz CT molecular complexity index is 805. The van der Waals surface area contributed by atoms with Crippen molar-refractivity contribution in [1.29, 1.82) is 0 Å². The van der Waals surface area contributed by atoms with E-state index in [0.717, 1.165) is 0 Å². The van der Waals surface area contributed by atoms with Crippen LogP contribution in [0, 0.1) is 6.92 Å². The highest BCUT2D eigenvalue weighted by Crippen LogP contribution is 2.20. The fourth-order valence-electron chi connectivity index (χ4n) is 2.10. The number of sulfonamides is 1. The Morgan fingerprint density at radius 2 is 1.83 bits per heavy atom. The minimum absolute atomic E-state index is 0.0774. The molecule has 0 saturated heterocycles. The van der Waals surface area contributed by atoms with Gasteiger partial charge in [0.05, 0.1) is 4.90 Å². The van der Waals surface area contributed by atoms with Crippen molar-refractivity contribution < 1.29 is 18.3 Å². The summed E-state index contributed by atoms with van der Waals surface area (Å²) in [6, 6.07) is 13.3. The molecule has 6 nitrogen and oxygen atoms in total. The smallest absolute Gasteiger partial charge is 0.255 e. The maximum absolute atomic E-state index is 12.2. The van der Waals surface area contributed by atoms with Gasteiger partial charge in [0, 0.05) is 24.4 Å². The molecule has 2 rings (SSSR count). The van der Waals surface area contributed by atoms with E-state index in [1.165, 1.54) is 12.1 Å². The van der Waals surface area contributed by atoms with Gasteiger partial charge in [0.25, 0.3) is 5.91 Å².